The maximum Gasteiger partial charge on any atom is 0.0658 e. The fourth-order valence-electron chi connectivity index (χ4n) is 1.90. The van der Waals surface area contributed by atoms with Crippen molar-refractivity contribution < 1.29 is 5.11 Å². The second kappa shape index (κ2) is 4.01. The van der Waals surface area contributed by atoms with Gasteiger partial charge in [0.1, 0.15) is 0 Å². The van der Waals surface area contributed by atoms with E-state index < -0.39 is 0 Å². The largest absolute Gasteiger partial charge is 0.392 e. The minimum Gasteiger partial charge on any atom is -0.392 e. The highest BCUT2D eigenvalue weighted by molar-refractivity contribution is 8.00. The van der Waals surface area contributed by atoms with Crippen molar-refractivity contribution >= 4 is 11.8 Å². The standard InChI is InChI=1S/C10H18OS/c11-9(6-5-8-3-4-8)10-2-1-7-12-10/h8-11H,1-7H2. The Labute approximate surface area is 78.9 Å². The molecule has 2 fully saturated rings. The van der Waals surface area contributed by atoms with Crippen LogP contribution in [0.3, 0.4) is 0 Å². The minimum atomic E-state index is -0.00176. The van der Waals surface area contributed by atoms with Gasteiger partial charge < -0.3 is 5.11 Å². The Hall–Kier alpha value is 0.310. The van der Waals surface area contributed by atoms with Gasteiger partial charge in [-0.2, -0.15) is 11.8 Å². The molecule has 0 aromatic carbocycles. The lowest BCUT2D eigenvalue weighted by molar-refractivity contribution is 0.155. The van der Waals surface area contributed by atoms with E-state index in [2.05, 4.69) is 0 Å². The van der Waals surface area contributed by atoms with E-state index in [-0.39, 0.29) is 6.10 Å². The van der Waals surface area contributed by atoms with Crippen LogP contribution in [0.2, 0.25) is 0 Å². The zero-order chi connectivity index (χ0) is 8.39. The molecule has 2 rings (SSSR count). The number of thioether (sulfide) groups is 1. The van der Waals surface area contributed by atoms with E-state index in [1.54, 1.807) is 0 Å². The van der Waals surface area contributed by atoms with Crippen LogP contribution in [0.15, 0.2) is 0 Å². The highest BCUT2D eigenvalue weighted by Gasteiger charge is 2.27. The fourth-order valence-corrected chi connectivity index (χ4v) is 3.23. The Kier molecular flexibility index (Phi) is 2.97. The molecule has 0 radical (unpaired) electrons. The van der Waals surface area contributed by atoms with Gasteiger partial charge in [-0.25, -0.2) is 0 Å². The lowest BCUT2D eigenvalue weighted by Crippen LogP contribution is -2.20. The smallest absolute Gasteiger partial charge is 0.0658 e. The van der Waals surface area contributed by atoms with E-state index in [4.69, 9.17) is 0 Å². The third-order valence-corrected chi connectivity index (χ3v) is 4.46. The lowest BCUT2D eigenvalue weighted by Gasteiger charge is -2.16. The van der Waals surface area contributed by atoms with Crippen molar-refractivity contribution in [1.82, 2.24) is 0 Å². The summed E-state index contributed by atoms with van der Waals surface area (Å²) in [4.78, 5) is 0. The van der Waals surface area contributed by atoms with Crippen LogP contribution in [-0.2, 0) is 0 Å². The summed E-state index contributed by atoms with van der Waals surface area (Å²) in [5, 5.41) is 10.4. The van der Waals surface area contributed by atoms with Gasteiger partial charge in [0.2, 0.25) is 0 Å². The van der Waals surface area contributed by atoms with Crippen molar-refractivity contribution in [2.75, 3.05) is 5.75 Å². The molecule has 1 aliphatic carbocycles. The Bertz CT molecular complexity index is 139. The summed E-state index contributed by atoms with van der Waals surface area (Å²) in [7, 11) is 0. The zero-order valence-corrected chi connectivity index (χ0v) is 8.35. The molecule has 2 aliphatic rings. The highest BCUT2D eigenvalue weighted by Crippen LogP contribution is 2.36. The summed E-state index contributed by atoms with van der Waals surface area (Å²) in [5.74, 6) is 2.25. The predicted molar refractivity (Wildman–Crippen MR) is 53.4 cm³/mol. The van der Waals surface area contributed by atoms with Crippen LogP contribution in [0.25, 0.3) is 0 Å². The Morgan fingerprint density at radius 2 is 2.17 bits per heavy atom. The van der Waals surface area contributed by atoms with E-state index in [0.717, 1.165) is 12.3 Å². The summed E-state index contributed by atoms with van der Waals surface area (Å²) < 4.78 is 0. The molecule has 1 heterocycles. The zero-order valence-electron chi connectivity index (χ0n) is 7.54. The molecule has 0 aromatic rings. The van der Waals surface area contributed by atoms with Crippen LogP contribution in [0, 0.1) is 5.92 Å². The number of aliphatic hydroxyl groups excluding tert-OH is 1. The first kappa shape index (κ1) is 8.89. The van der Waals surface area contributed by atoms with E-state index in [1.807, 2.05) is 11.8 Å². The van der Waals surface area contributed by atoms with Crippen molar-refractivity contribution in [3.8, 4) is 0 Å². The van der Waals surface area contributed by atoms with Crippen molar-refractivity contribution in [1.29, 1.82) is 0 Å². The van der Waals surface area contributed by atoms with Gasteiger partial charge >= 0.3 is 0 Å². The molecule has 1 saturated heterocycles. The highest BCUT2D eigenvalue weighted by atomic mass is 32.2. The molecule has 2 heteroatoms. The fraction of sp³-hybridized carbons (Fsp3) is 1.00. The van der Waals surface area contributed by atoms with Gasteiger partial charge in [-0.1, -0.05) is 12.8 Å². The van der Waals surface area contributed by atoms with Crippen LogP contribution in [0.1, 0.15) is 38.5 Å². The number of aliphatic hydroxyl groups is 1. The van der Waals surface area contributed by atoms with Gasteiger partial charge in [0.15, 0.2) is 0 Å². The molecule has 1 aliphatic heterocycles. The van der Waals surface area contributed by atoms with Crippen LogP contribution in [0.5, 0.6) is 0 Å². The summed E-state index contributed by atoms with van der Waals surface area (Å²) in [6.45, 7) is 0. The molecule has 2 unspecified atom stereocenters. The van der Waals surface area contributed by atoms with Gasteiger partial charge in [-0.15, -0.1) is 0 Å². The topological polar surface area (TPSA) is 20.2 Å². The van der Waals surface area contributed by atoms with E-state index in [9.17, 15) is 5.11 Å². The van der Waals surface area contributed by atoms with Gasteiger partial charge in [-0.05, 0) is 37.4 Å². The van der Waals surface area contributed by atoms with E-state index >= 15 is 0 Å². The van der Waals surface area contributed by atoms with Crippen LogP contribution < -0.4 is 0 Å². The van der Waals surface area contributed by atoms with Crippen molar-refractivity contribution in [2.24, 2.45) is 5.92 Å². The summed E-state index contributed by atoms with van der Waals surface area (Å²) >= 11 is 1.97. The molecule has 0 aromatic heterocycles. The first-order valence-corrected chi connectivity index (χ1v) is 6.21. The monoisotopic (exact) mass is 186 g/mol. The molecule has 70 valence electrons. The third-order valence-electron chi connectivity index (χ3n) is 2.96. The molecule has 1 N–H and O–H groups in total. The van der Waals surface area contributed by atoms with Crippen LogP contribution in [0.4, 0.5) is 0 Å². The molecule has 0 amide bonds. The maximum atomic E-state index is 9.80. The number of rotatable bonds is 4. The molecule has 0 bridgehead atoms. The molecule has 1 nitrogen and oxygen atoms in total. The summed E-state index contributed by atoms with van der Waals surface area (Å²) in [6.07, 6.45) is 7.74. The molecular formula is C10H18OS. The van der Waals surface area contributed by atoms with Crippen molar-refractivity contribution in [3.63, 3.8) is 0 Å². The second-order valence-corrected chi connectivity index (χ2v) is 5.49. The third kappa shape index (κ3) is 2.40. The quantitative estimate of drug-likeness (QED) is 0.727. The molecule has 1 saturated carbocycles. The van der Waals surface area contributed by atoms with Crippen LogP contribution >= 0.6 is 11.8 Å². The molecule has 12 heavy (non-hydrogen) atoms. The SMILES string of the molecule is OC(CCC1CC1)C1CCCS1. The van der Waals surface area contributed by atoms with Gasteiger partial charge in [0, 0.05) is 5.25 Å². The molecule has 2 atom stereocenters. The van der Waals surface area contributed by atoms with Gasteiger partial charge in [0.25, 0.3) is 0 Å². The second-order valence-electron chi connectivity index (χ2n) is 4.14. The number of hydrogen-bond acceptors (Lipinski definition) is 2. The maximum absolute atomic E-state index is 9.80. The van der Waals surface area contributed by atoms with Crippen LogP contribution in [-0.4, -0.2) is 22.2 Å². The van der Waals surface area contributed by atoms with E-state index in [0.29, 0.717) is 5.25 Å². The van der Waals surface area contributed by atoms with E-state index in [1.165, 1.54) is 37.9 Å². The van der Waals surface area contributed by atoms with Crippen molar-refractivity contribution in [2.45, 2.75) is 49.9 Å². The summed E-state index contributed by atoms with van der Waals surface area (Å²) in [5.41, 5.74) is 0. The average molecular weight is 186 g/mol. The number of hydrogen-bond donors (Lipinski definition) is 1. The normalized spacial score (nSPS) is 32.2. The van der Waals surface area contributed by atoms with Crippen molar-refractivity contribution in [3.05, 3.63) is 0 Å². The Morgan fingerprint density at radius 3 is 2.75 bits per heavy atom. The lowest BCUT2D eigenvalue weighted by atomic mass is 10.1. The first-order chi connectivity index (χ1) is 5.86. The minimum absolute atomic E-state index is 0.00176. The van der Waals surface area contributed by atoms with Gasteiger partial charge in [0.05, 0.1) is 6.10 Å². The summed E-state index contributed by atoms with van der Waals surface area (Å²) in [6, 6.07) is 0. The first-order valence-electron chi connectivity index (χ1n) is 5.16. The molecule has 0 spiro atoms. The Morgan fingerprint density at radius 1 is 1.33 bits per heavy atom. The average Bonchev–Trinajstić information content (AvgIpc) is 2.74. The van der Waals surface area contributed by atoms with Gasteiger partial charge in [-0.3, -0.25) is 0 Å². The Balaban J connectivity index is 1.64. The predicted octanol–water partition coefficient (Wildman–Crippen LogP) is 2.43. The molecular weight excluding hydrogens is 168 g/mol.